The van der Waals surface area contributed by atoms with Gasteiger partial charge < -0.3 is 0 Å². The Labute approximate surface area is 98.0 Å². The van der Waals surface area contributed by atoms with Gasteiger partial charge in [-0.3, -0.25) is 0 Å². The summed E-state index contributed by atoms with van der Waals surface area (Å²) in [5.41, 5.74) is -0.268. The monoisotopic (exact) mass is 217 g/mol. The van der Waals surface area contributed by atoms with Gasteiger partial charge in [-0.05, 0) is 5.56 Å². The van der Waals surface area contributed by atoms with E-state index in [4.69, 9.17) is 28.9 Å². The third-order valence-electron chi connectivity index (χ3n) is 2.24. The van der Waals surface area contributed by atoms with Crippen LogP contribution in [0.5, 0.6) is 0 Å². The lowest BCUT2D eigenvalue weighted by Crippen LogP contribution is -1.94. The SMILES string of the molecule is [C-]#[N+]c1c(C)c([N+]#[C-])c(C#N)c(C#N)c1C#N. The maximum Gasteiger partial charge on any atom is 0.198 e. The van der Waals surface area contributed by atoms with E-state index in [0.717, 1.165) is 0 Å². The predicted octanol–water partition coefficient (Wildman–Crippen LogP) is 2.71. The zero-order valence-electron chi connectivity index (χ0n) is 8.74. The first kappa shape index (κ1) is 11.7. The quantitative estimate of drug-likeness (QED) is 0.626. The van der Waals surface area contributed by atoms with E-state index in [0.29, 0.717) is 0 Å². The third-order valence-corrected chi connectivity index (χ3v) is 2.24. The van der Waals surface area contributed by atoms with Gasteiger partial charge in [-0.2, -0.15) is 15.8 Å². The van der Waals surface area contributed by atoms with Gasteiger partial charge in [0.05, 0.1) is 48.0 Å². The van der Waals surface area contributed by atoms with Crippen molar-refractivity contribution in [2.75, 3.05) is 0 Å². The van der Waals surface area contributed by atoms with Crippen LogP contribution in [0.1, 0.15) is 22.3 Å². The van der Waals surface area contributed by atoms with Crippen molar-refractivity contribution in [3.63, 3.8) is 0 Å². The molecule has 0 aliphatic heterocycles. The predicted molar refractivity (Wildman–Crippen MR) is 57.8 cm³/mol. The Hall–Kier alpha value is -3.33. The molecule has 0 N–H and O–H groups in total. The molecule has 0 fully saturated rings. The van der Waals surface area contributed by atoms with Crippen molar-refractivity contribution in [3.8, 4) is 18.2 Å². The highest BCUT2D eigenvalue weighted by molar-refractivity contribution is 5.83. The van der Waals surface area contributed by atoms with Gasteiger partial charge in [0.25, 0.3) is 0 Å². The molecule has 76 valence electrons. The number of rotatable bonds is 0. The fourth-order valence-electron chi connectivity index (χ4n) is 1.46. The zero-order chi connectivity index (χ0) is 13.0. The number of nitrogens with zero attached hydrogens (tertiary/aromatic N) is 5. The third kappa shape index (κ3) is 1.53. The van der Waals surface area contributed by atoms with Crippen LogP contribution in [0.15, 0.2) is 0 Å². The first-order valence-corrected chi connectivity index (χ1v) is 4.32. The van der Waals surface area contributed by atoms with Crippen LogP contribution in [0.4, 0.5) is 11.4 Å². The molecule has 1 rings (SSSR count). The van der Waals surface area contributed by atoms with Crippen LogP contribution in [0.3, 0.4) is 0 Å². The van der Waals surface area contributed by atoms with Crippen LogP contribution >= 0.6 is 0 Å². The second-order valence-electron chi connectivity index (χ2n) is 3.01. The first-order valence-electron chi connectivity index (χ1n) is 4.32. The molecule has 5 heteroatoms. The standard InChI is InChI=1S/C12H3N5/c1-7-11(16-2)9(5-14)8(4-13)10(6-15)12(7)17-3/h1H3. The van der Waals surface area contributed by atoms with Crippen molar-refractivity contribution in [2.45, 2.75) is 6.92 Å². The lowest BCUT2D eigenvalue weighted by Gasteiger charge is -2.07. The highest BCUT2D eigenvalue weighted by atomic mass is 14.7. The summed E-state index contributed by atoms with van der Waals surface area (Å²) in [5.74, 6) is 0. The van der Waals surface area contributed by atoms with Crippen molar-refractivity contribution >= 4 is 11.4 Å². The molecule has 17 heavy (non-hydrogen) atoms. The maximum absolute atomic E-state index is 8.94. The van der Waals surface area contributed by atoms with Crippen LogP contribution in [-0.4, -0.2) is 0 Å². The average Bonchev–Trinajstić information content (AvgIpc) is 2.36. The lowest BCUT2D eigenvalue weighted by atomic mass is 9.95. The first-order chi connectivity index (χ1) is 8.15. The van der Waals surface area contributed by atoms with Crippen LogP contribution in [0.2, 0.25) is 0 Å². The van der Waals surface area contributed by atoms with Crippen LogP contribution in [0, 0.1) is 54.1 Å². The van der Waals surface area contributed by atoms with E-state index in [-0.39, 0.29) is 33.6 Å². The van der Waals surface area contributed by atoms with Gasteiger partial charge in [0, 0.05) is 0 Å². The van der Waals surface area contributed by atoms with Crippen LogP contribution in [0.25, 0.3) is 9.69 Å². The van der Waals surface area contributed by atoms with E-state index in [1.54, 1.807) is 18.2 Å². The van der Waals surface area contributed by atoms with E-state index in [2.05, 4.69) is 9.69 Å². The molecule has 0 spiro atoms. The highest BCUT2D eigenvalue weighted by Gasteiger charge is 2.21. The largest absolute Gasteiger partial charge is 0.238 e. The molecule has 0 heterocycles. The Morgan fingerprint density at radius 3 is 1.41 bits per heavy atom. The summed E-state index contributed by atoms with van der Waals surface area (Å²) in [6.45, 7) is 15.4. The smallest absolute Gasteiger partial charge is 0.198 e. The van der Waals surface area contributed by atoms with Crippen LogP contribution < -0.4 is 0 Å². The minimum atomic E-state index is -0.197. The number of nitriles is 3. The average molecular weight is 217 g/mol. The van der Waals surface area contributed by atoms with Crippen molar-refractivity contribution in [1.29, 1.82) is 15.8 Å². The van der Waals surface area contributed by atoms with Crippen molar-refractivity contribution in [3.05, 3.63) is 45.1 Å². The van der Waals surface area contributed by atoms with Gasteiger partial charge in [-0.15, -0.1) is 0 Å². The summed E-state index contributed by atoms with van der Waals surface area (Å²) in [4.78, 5) is 6.31. The van der Waals surface area contributed by atoms with Crippen LogP contribution in [-0.2, 0) is 0 Å². The number of benzene rings is 1. The summed E-state index contributed by atoms with van der Waals surface area (Å²) in [5, 5.41) is 26.8. The molecule has 0 aliphatic carbocycles. The second-order valence-corrected chi connectivity index (χ2v) is 3.01. The summed E-state index contributed by atoms with van der Waals surface area (Å²) >= 11 is 0. The molecule has 0 bridgehead atoms. The Morgan fingerprint density at radius 1 is 0.824 bits per heavy atom. The molecule has 0 atom stereocenters. The normalized spacial score (nSPS) is 8.00. The van der Waals surface area contributed by atoms with Gasteiger partial charge in [-0.25, -0.2) is 9.69 Å². The van der Waals surface area contributed by atoms with E-state index in [1.807, 2.05) is 0 Å². The fraction of sp³-hybridized carbons (Fsp3) is 0.0833. The fourth-order valence-corrected chi connectivity index (χ4v) is 1.46. The molecule has 0 unspecified atom stereocenters. The van der Waals surface area contributed by atoms with Crippen molar-refractivity contribution in [2.24, 2.45) is 0 Å². The zero-order valence-corrected chi connectivity index (χ0v) is 8.74. The molecular formula is C12H3N5. The maximum atomic E-state index is 8.94. The second kappa shape index (κ2) is 4.46. The molecule has 5 nitrogen and oxygen atoms in total. The van der Waals surface area contributed by atoms with Gasteiger partial charge in [0.1, 0.15) is 0 Å². The molecule has 0 aliphatic rings. The molecule has 0 radical (unpaired) electrons. The molecule has 0 saturated heterocycles. The molecule has 1 aromatic carbocycles. The Balaban J connectivity index is 4.10. The summed E-state index contributed by atoms with van der Waals surface area (Å²) < 4.78 is 0. The van der Waals surface area contributed by atoms with E-state index in [9.17, 15) is 0 Å². The summed E-state index contributed by atoms with van der Waals surface area (Å²) in [6.07, 6.45) is 0. The van der Waals surface area contributed by atoms with E-state index >= 15 is 0 Å². The van der Waals surface area contributed by atoms with E-state index < -0.39 is 0 Å². The topological polar surface area (TPSA) is 80.1 Å². The molecule has 0 aromatic heterocycles. The number of hydrogen-bond donors (Lipinski definition) is 0. The minimum absolute atomic E-state index is 0.0333. The van der Waals surface area contributed by atoms with Gasteiger partial charge in [0.15, 0.2) is 11.4 Å². The van der Waals surface area contributed by atoms with Gasteiger partial charge >= 0.3 is 0 Å². The Morgan fingerprint density at radius 2 is 1.18 bits per heavy atom. The number of hydrogen-bond acceptors (Lipinski definition) is 3. The van der Waals surface area contributed by atoms with E-state index in [1.165, 1.54) is 6.92 Å². The molecular weight excluding hydrogens is 214 g/mol. The van der Waals surface area contributed by atoms with Crippen molar-refractivity contribution < 1.29 is 0 Å². The Kier molecular flexibility index (Phi) is 3.08. The molecule has 0 saturated carbocycles. The molecule has 0 amide bonds. The van der Waals surface area contributed by atoms with Crippen molar-refractivity contribution in [1.82, 2.24) is 0 Å². The molecule has 1 aromatic rings. The van der Waals surface area contributed by atoms with Gasteiger partial charge in [0.2, 0.25) is 0 Å². The summed E-state index contributed by atoms with van der Waals surface area (Å²) in [6, 6.07) is 5.20. The minimum Gasteiger partial charge on any atom is -0.238 e. The highest BCUT2D eigenvalue weighted by Crippen LogP contribution is 2.38. The summed E-state index contributed by atoms with van der Waals surface area (Å²) in [7, 11) is 0. The van der Waals surface area contributed by atoms with Gasteiger partial charge in [-0.1, -0.05) is 6.92 Å². The Bertz CT molecular complexity index is 655. The lowest BCUT2D eigenvalue weighted by molar-refractivity contribution is 1.37.